The number of guanidine groups is 1. The van der Waals surface area contributed by atoms with Crippen molar-refractivity contribution >= 4 is 40.8 Å². The maximum atomic E-state index is 5.26. The van der Waals surface area contributed by atoms with E-state index in [4.69, 9.17) is 6.42 Å². The Hall–Kier alpha value is -1.68. The van der Waals surface area contributed by atoms with Crippen molar-refractivity contribution in [3.8, 4) is 12.3 Å². The van der Waals surface area contributed by atoms with Crippen molar-refractivity contribution in [2.45, 2.75) is 20.3 Å². The summed E-state index contributed by atoms with van der Waals surface area (Å²) < 4.78 is 0. The molecule has 0 unspecified atom stereocenters. The zero-order valence-corrected chi connectivity index (χ0v) is 15.4. The quantitative estimate of drug-likeness (QED) is 0.307. The molecule has 1 aromatic heterocycles. The first-order chi connectivity index (χ1) is 10.3. The lowest BCUT2D eigenvalue weighted by atomic mass is 10.1. The van der Waals surface area contributed by atoms with Crippen LogP contribution in [-0.2, 0) is 6.42 Å². The highest BCUT2D eigenvalue weighted by molar-refractivity contribution is 14.0. The van der Waals surface area contributed by atoms with Gasteiger partial charge < -0.3 is 15.6 Å². The summed E-state index contributed by atoms with van der Waals surface area (Å²) in [5.41, 5.74) is 3.78. The van der Waals surface area contributed by atoms with Crippen LogP contribution < -0.4 is 10.6 Å². The zero-order valence-electron chi connectivity index (χ0n) is 13.1. The summed E-state index contributed by atoms with van der Waals surface area (Å²) in [4.78, 5) is 7.89. The molecule has 118 valence electrons. The molecule has 0 aliphatic carbocycles. The van der Waals surface area contributed by atoms with Gasteiger partial charge in [-0.3, -0.25) is 4.99 Å². The van der Waals surface area contributed by atoms with Gasteiger partial charge in [-0.2, -0.15) is 0 Å². The average molecular weight is 410 g/mol. The van der Waals surface area contributed by atoms with Crippen LogP contribution in [-0.4, -0.2) is 30.6 Å². The van der Waals surface area contributed by atoms with E-state index in [9.17, 15) is 0 Å². The van der Waals surface area contributed by atoms with Gasteiger partial charge in [-0.1, -0.05) is 24.1 Å². The Balaban J connectivity index is 0.00000242. The molecule has 0 atom stereocenters. The molecule has 2 aromatic rings. The molecule has 22 heavy (non-hydrogen) atoms. The lowest BCUT2D eigenvalue weighted by molar-refractivity contribution is 0.857. The van der Waals surface area contributed by atoms with E-state index in [1.54, 1.807) is 0 Å². The number of aliphatic imine (C=N–C) groups is 1. The first-order valence-corrected chi connectivity index (χ1v) is 7.27. The van der Waals surface area contributed by atoms with Gasteiger partial charge in [0.1, 0.15) is 0 Å². The molecule has 4 nitrogen and oxygen atoms in total. The van der Waals surface area contributed by atoms with E-state index in [2.05, 4.69) is 57.9 Å². The molecule has 0 radical (unpaired) electrons. The smallest absolute Gasteiger partial charge is 0.192 e. The van der Waals surface area contributed by atoms with E-state index in [0.29, 0.717) is 6.54 Å². The lowest BCUT2D eigenvalue weighted by Gasteiger charge is -2.08. The Morgan fingerprint density at radius 1 is 1.36 bits per heavy atom. The van der Waals surface area contributed by atoms with Gasteiger partial charge in [0.2, 0.25) is 0 Å². The summed E-state index contributed by atoms with van der Waals surface area (Å²) in [6.45, 7) is 6.19. The van der Waals surface area contributed by atoms with Crippen LogP contribution in [0.4, 0.5) is 0 Å². The van der Waals surface area contributed by atoms with Crippen molar-refractivity contribution in [3.63, 3.8) is 0 Å². The lowest BCUT2D eigenvalue weighted by Crippen LogP contribution is -2.37. The minimum Gasteiger partial charge on any atom is -0.361 e. The van der Waals surface area contributed by atoms with E-state index in [-0.39, 0.29) is 24.0 Å². The third-order valence-corrected chi connectivity index (χ3v) is 3.36. The standard InChI is InChI=1S/C17H22N4.HI/c1-4-10-19-17(18-5-2)20-11-9-14-12-21-16-13(3)7-6-8-15(14)16;/h1,6-8,12,21H,5,9-11H2,2-3H3,(H2,18,19,20);1H. The van der Waals surface area contributed by atoms with Crippen LogP contribution in [0.15, 0.2) is 29.4 Å². The predicted molar refractivity (Wildman–Crippen MR) is 105 cm³/mol. The Morgan fingerprint density at radius 3 is 2.91 bits per heavy atom. The number of aromatic nitrogens is 1. The van der Waals surface area contributed by atoms with Crippen molar-refractivity contribution < 1.29 is 0 Å². The number of aromatic amines is 1. The van der Waals surface area contributed by atoms with Crippen molar-refractivity contribution in [3.05, 3.63) is 35.5 Å². The minimum atomic E-state index is 0. The first-order valence-electron chi connectivity index (χ1n) is 7.27. The molecule has 1 aromatic carbocycles. The van der Waals surface area contributed by atoms with Crippen LogP contribution in [0.2, 0.25) is 0 Å². The average Bonchev–Trinajstić information content (AvgIpc) is 2.89. The molecule has 5 heteroatoms. The Bertz CT molecular complexity index is 667. The third kappa shape index (κ3) is 4.67. The number of benzene rings is 1. The highest BCUT2D eigenvalue weighted by atomic mass is 127. The van der Waals surface area contributed by atoms with Gasteiger partial charge in [-0.25, -0.2) is 0 Å². The van der Waals surface area contributed by atoms with E-state index in [0.717, 1.165) is 25.5 Å². The minimum absolute atomic E-state index is 0. The number of fused-ring (bicyclic) bond motifs is 1. The molecular formula is C17H23IN4. The van der Waals surface area contributed by atoms with Crippen molar-refractivity contribution in [2.24, 2.45) is 4.99 Å². The monoisotopic (exact) mass is 410 g/mol. The number of halogens is 1. The molecule has 3 N–H and O–H groups in total. The number of hydrogen-bond donors (Lipinski definition) is 3. The van der Waals surface area contributed by atoms with Crippen LogP contribution in [0, 0.1) is 19.3 Å². The van der Waals surface area contributed by atoms with E-state index >= 15 is 0 Å². The normalized spacial score (nSPS) is 10.9. The van der Waals surface area contributed by atoms with Gasteiger partial charge in [0.25, 0.3) is 0 Å². The number of nitrogens with one attached hydrogen (secondary N) is 3. The summed E-state index contributed by atoms with van der Waals surface area (Å²) in [6.07, 6.45) is 8.23. The van der Waals surface area contributed by atoms with Crippen LogP contribution in [0.1, 0.15) is 18.1 Å². The van der Waals surface area contributed by atoms with Gasteiger partial charge in [0.15, 0.2) is 5.96 Å². The van der Waals surface area contributed by atoms with E-state index < -0.39 is 0 Å². The Labute approximate surface area is 149 Å². The van der Waals surface area contributed by atoms with Crippen molar-refractivity contribution in [2.75, 3.05) is 19.6 Å². The molecular weight excluding hydrogens is 387 g/mol. The van der Waals surface area contributed by atoms with Crippen LogP contribution in [0.3, 0.4) is 0 Å². The van der Waals surface area contributed by atoms with Gasteiger partial charge in [0, 0.05) is 30.2 Å². The van der Waals surface area contributed by atoms with Gasteiger partial charge in [0.05, 0.1) is 6.54 Å². The number of para-hydroxylation sites is 1. The highest BCUT2D eigenvalue weighted by Crippen LogP contribution is 2.21. The number of H-pyrrole nitrogens is 1. The molecule has 0 fully saturated rings. The maximum absolute atomic E-state index is 5.26. The number of rotatable bonds is 5. The second-order valence-electron chi connectivity index (χ2n) is 4.88. The fourth-order valence-corrected chi connectivity index (χ4v) is 2.34. The summed E-state index contributed by atoms with van der Waals surface area (Å²) in [5, 5.41) is 7.56. The topological polar surface area (TPSA) is 52.2 Å². The summed E-state index contributed by atoms with van der Waals surface area (Å²) >= 11 is 0. The fraction of sp³-hybridized carbons (Fsp3) is 0.353. The molecule has 0 aliphatic heterocycles. The van der Waals surface area contributed by atoms with E-state index in [1.165, 1.54) is 22.0 Å². The SMILES string of the molecule is C#CCNC(=NCCc1c[nH]c2c(C)cccc12)NCC.I. The molecule has 0 saturated carbocycles. The van der Waals surface area contributed by atoms with Gasteiger partial charge >= 0.3 is 0 Å². The Morgan fingerprint density at radius 2 is 2.18 bits per heavy atom. The molecule has 2 rings (SSSR count). The Kier molecular flexibility index (Phi) is 7.82. The maximum Gasteiger partial charge on any atom is 0.192 e. The zero-order chi connectivity index (χ0) is 15.1. The van der Waals surface area contributed by atoms with Crippen molar-refractivity contribution in [1.82, 2.24) is 15.6 Å². The molecule has 0 spiro atoms. The second-order valence-corrected chi connectivity index (χ2v) is 4.88. The van der Waals surface area contributed by atoms with Crippen LogP contribution >= 0.6 is 24.0 Å². The molecule has 0 aliphatic rings. The summed E-state index contributed by atoms with van der Waals surface area (Å²) in [7, 11) is 0. The number of nitrogens with zero attached hydrogens (tertiary/aromatic N) is 1. The van der Waals surface area contributed by atoms with Crippen LogP contribution in [0.5, 0.6) is 0 Å². The van der Waals surface area contributed by atoms with E-state index in [1.807, 2.05) is 6.92 Å². The number of aryl methyl sites for hydroxylation is 1. The second kappa shape index (κ2) is 9.36. The largest absolute Gasteiger partial charge is 0.361 e. The predicted octanol–water partition coefficient (Wildman–Crippen LogP) is 2.83. The number of hydrogen-bond acceptors (Lipinski definition) is 1. The molecule has 0 amide bonds. The molecule has 0 saturated heterocycles. The number of terminal acetylenes is 1. The van der Waals surface area contributed by atoms with Crippen LogP contribution in [0.25, 0.3) is 10.9 Å². The fourth-order valence-electron chi connectivity index (χ4n) is 2.34. The van der Waals surface area contributed by atoms with Crippen molar-refractivity contribution in [1.29, 1.82) is 0 Å². The first kappa shape index (κ1) is 18.4. The highest BCUT2D eigenvalue weighted by Gasteiger charge is 2.04. The molecule has 1 heterocycles. The van der Waals surface area contributed by atoms with Gasteiger partial charge in [-0.05, 0) is 31.4 Å². The summed E-state index contributed by atoms with van der Waals surface area (Å²) in [6, 6.07) is 6.37. The molecule has 0 bridgehead atoms. The van der Waals surface area contributed by atoms with Gasteiger partial charge in [-0.15, -0.1) is 30.4 Å². The third-order valence-electron chi connectivity index (χ3n) is 3.36. The summed E-state index contributed by atoms with van der Waals surface area (Å²) in [5.74, 6) is 3.32.